The summed E-state index contributed by atoms with van der Waals surface area (Å²) in [6, 6.07) is 21.6. The van der Waals surface area contributed by atoms with Crippen LogP contribution in [0.15, 0.2) is 72.8 Å². The van der Waals surface area contributed by atoms with Gasteiger partial charge in [-0.05, 0) is 55.8 Å². The minimum atomic E-state index is -0.725. The van der Waals surface area contributed by atoms with Gasteiger partial charge in [0.2, 0.25) is 0 Å². The normalized spacial score (nSPS) is 14.1. The Bertz CT molecular complexity index is 1480. The maximum atomic E-state index is 13.6. The number of carbonyl (C=O) groups is 1. The Kier molecular flexibility index (Phi) is 11.8. The van der Waals surface area contributed by atoms with Gasteiger partial charge in [-0.2, -0.15) is 0 Å². The van der Waals surface area contributed by atoms with E-state index < -0.39 is 6.10 Å². The molecule has 1 saturated heterocycles. The molecule has 1 aromatic heterocycles. The highest BCUT2D eigenvalue weighted by atomic mass is 35.5. The number of nitrogens with one attached hydrogen (secondary N) is 1. The lowest BCUT2D eigenvalue weighted by molar-refractivity contribution is 0.0847. The molecule has 0 bridgehead atoms. The fourth-order valence-corrected chi connectivity index (χ4v) is 5.34. The maximum absolute atomic E-state index is 13.6. The smallest absolute Gasteiger partial charge is 0.271 e. The van der Waals surface area contributed by atoms with Gasteiger partial charge in [0.15, 0.2) is 0 Å². The van der Waals surface area contributed by atoms with Crippen molar-refractivity contribution in [2.75, 3.05) is 44.2 Å². The lowest BCUT2D eigenvalue weighted by Gasteiger charge is -2.37. The van der Waals surface area contributed by atoms with Gasteiger partial charge >= 0.3 is 0 Å². The van der Waals surface area contributed by atoms with Crippen molar-refractivity contribution in [3.05, 3.63) is 101 Å². The molecule has 4 aromatic rings. The Labute approximate surface area is 263 Å². The summed E-state index contributed by atoms with van der Waals surface area (Å²) in [6.45, 7) is 7.69. The second kappa shape index (κ2) is 14.8. The summed E-state index contributed by atoms with van der Waals surface area (Å²) in [5.41, 5.74) is 4.65. The number of rotatable bonds is 8. The first-order chi connectivity index (χ1) is 19.3. The molecule has 11 heteroatoms. The van der Waals surface area contributed by atoms with E-state index in [1.165, 1.54) is 12.1 Å². The molecule has 1 fully saturated rings. The first kappa shape index (κ1) is 33.4. The number of hydrogen-bond donors (Lipinski definition) is 2. The summed E-state index contributed by atoms with van der Waals surface area (Å²) < 4.78 is 15.5. The second-order valence-corrected chi connectivity index (χ2v) is 10.5. The lowest BCUT2D eigenvalue weighted by atomic mass is 10.1. The van der Waals surface area contributed by atoms with E-state index in [1.807, 2.05) is 60.9 Å². The number of anilines is 1. The summed E-state index contributed by atoms with van der Waals surface area (Å²) in [5.74, 6) is -0.116. The number of carbonyl (C=O) groups excluding carboxylic acids is 1. The summed E-state index contributed by atoms with van der Waals surface area (Å²) >= 11 is 6.30. The van der Waals surface area contributed by atoms with Crippen molar-refractivity contribution in [1.29, 1.82) is 0 Å². The van der Waals surface area contributed by atoms with Crippen LogP contribution in [0, 0.1) is 19.7 Å². The van der Waals surface area contributed by atoms with E-state index >= 15 is 0 Å². The van der Waals surface area contributed by atoms with Gasteiger partial charge in [-0.15, -0.1) is 24.8 Å². The average Bonchev–Trinajstić information content (AvgIpc) is 3.31. The third kappa shape index (κ3) is 7.43. The van der Waals surface area contributed by atoms with Crippen LogP contribution in [0.3, 0.4) is 0 Å². The van der Waals surface area contributed by atoms with Gasteiger partial charge in [0.05, 0.1) is 11.8 Å². The number of amides is 1. The summed E-state index contributed by atoms with van der Waals surface area (Å²) in [7, 11) is 0. The van der Waals surface area contributed by atoms with Crippen molar-refractivity contribution >= 4 is 48.0 Å². The highest BCUT2D eigenvalue weighted by molar-refractivity contribution is 6.31. The van der Waals surface area contributed by atoms with Crippen LogP contribution in [0.5, 0.6) is 0 Å². The fraction of sp³-hybridized carbons (Fsp3) is 0.290. The van der Waals surface area contributed by atoms with Crippen LogP contribution >= 0.6 is 36.4 Å². The van der Waals surface area contributed by atoms with E-state index in [4.69, 9.17) is 11.6 Å². The van der Waals surface area contributed by atoms with E-state index in [2.05, 4.69) is 26.2 Å². The van der Waals surface area contributed by atoms with E-state index in [1.54, 1.807) is 12.1 Å². The summed E-state index contributed by atoms with van der Waals surface area (Å²) in [4.78, 5) is 22.4. The maximum Gasteiger partial charge on any atom is 0.271 e. The molecule has 5 rings (SSSR count). The van der Waals surface area contributed by atoms with Gasteiger partial charge in [-0.25, -0.2) is 9.37 Å². The molecule has 0 saturated carbocycles. The Balaban J connectivity index is 0.00000242. The summed E-state index contributed by atoms with van der Waals surface area (Å²) in [5, 5.41) is 14.3. The van der Waals surface area contributed by atoms with E-state index in [0.29, 0.717) is 23.8 Å². The topological polar surface area (TPSA) is 73.6 Å². The van der Waals surface area contributed by atoms with Crippen molar-refractivity contribution in [1.82, 2.24) is 19.8 Å². The first-order valence-electron chi connectivity index (χ1n) is 13.4. The number of aromatic nitrogens is 2. The molecule has 2 N–H and O–H groups in total. The number of benzene rings is 3. The summed E-state index contributed by atoms with van der Waals surface area (Å²) in [6.07, 6.45) is -0.725. The third-order valence-corrected chi connectivity index (χ3v) is 7.77. The van der Waals surface area contributed by atoms with Gasteiger partial charge in [-0.1, -0.05) is 48.0 Å². The zero-order valence-electron chi connectivity index (χ0n) is 23.5. The molecular weight excluding hydrogens is 600 g/mol. The highest BCUT2D eigenvalue weighted by Crippen LogP contribution is 2.28. The molecule has 1 atom stereocenters. The monoisotopic (exact) mass is 633 g/mol. The predicted octanol–water partition coefficient (Wildman–Crippen LogP) is 5.71. The van der Waals surface area contributed by atoms with Crippen molar-refractivity contribution < 1.29 is 14.3 Å². The molecule has 1 aliphatic rings. The highest BCUT2D eigenvalue weighted by Gasteiger charge is 2.24. The molecule has 0 unspecified atom stereocenters. The van der Waals surface area contributed by atoms with Crippen molar-refractivity contribution in [2.45, 2.75) is 20.0 Å². The number of hydrogen-bond acceptors (Lipinski definition) is 5. The first-order valence-corrected chi connectivity index (χ1v) is 13.8. The molecule has 7 nitrogen and oxygen atoms in total. The molecule has 0 radical (unpaired) electrons. The standard InChI is InChI=1S/C31H33ClFN5O2.2ClH/c1-21-27(32)9-6-10-28(21)37-17-15-36(16-18-37)20-26(39)19-34-31(40)29-22(2)38(25-13-11-24(33)12-14-25)30(35-29)23-7-4-3-5-8-23;;/h3-14,26,39H,15-20H2,1-2H3,(H,34,40);2*1H/t26-;;/m1../s1. The molecule has 1 amide bonds. The molecular formula is C31H35Cl3FN5O2. The van der Waals surface area contributed by atoms with Crippen LogP contribution in [0.1, 0.15) is 21.7 Å². The van der Waals surface area contributed by atoms with Crippen LogP contribution in [0.25, 0.3) is 17.1 Å². The predicted molar refractivity (Wildman–Crippen MR) is 171 cm³/mol. The van der Waals surface area contributed by atoms with Crippen LogP contribution in [-0.4, -0.2) is 70.8 Å². The Hall–Kier alpha value is -3.14. The van der Waals surface area contributed by atoms with Gasteiger partial charge in [0, 0.05) is 61.2 Å². The third-order valence-electron chi connectivity index (χ3n) is 7.36. The molecule has 2 heterocycles. The number of aliphatic hydroxyl groups excluding tert-OH is 1. The number of piperazine rings is 1. The zero-order valence-corrected chi connectivity index (χ0v) is 25.9. The average molecular weight is 635 g/mol. The number of β-amino-alcohol motifs (C(OH)–C–C–N with tert-alkyl or cyclic N) is 1. The van der Waals surface area contributed by atoms with Gasteiger partial charge in [0.1, 0.15) is 17.3 Å². The SMILES string of the molecule is Cc1c(Cl)cccc1N1CCN(C[C@H](O)CNC(=O)c2nc(-c3ccccc3)n(-c3ccc(F)cc3)c2C)CC1.Cl.Cl. The van der Waals surface area contributed by atoms with Crippen LogP contribution in [0.4, 0.5) is 10.1 Å². The molecule has 1 aliphatic heterocycles. The second-order valence-electron chi connectivity index (χ2n) is 10.1. The lowest BCUT2D eigenvalue weighted by Crippen LogP contribution is -2.50. The minimum absolute atomic E-state index is 0. The molecule has 42 heavy (non-hydrogen) atoms. The number of nitrogens with zero attached hydrogens (tertiary/aromatic N) is 4. The van der Waals surface area contributed by atoms with Crippen molar-refractivity contribution in [3.63, 3.8) is 0 Å². The number of halogens is 4. The number of aliphatic hydroxyl groups is 1. The van der Waals surface area contributed by atoms with Gasteiger partial charge in [-0.3, -0.25) is 14.3 Å². The van der Waals surface area contributed by atoms with E-state index in [0.717, 1.165) is 48.0 Å². The Morgan fingerprint density at radius 1 is 0.976 bits per heavy atom. The van der Waals surface area contributed by atoms with Crippen LogP contribution in [0.2, 0.25) is 5.02 Å². The molecule has 0 spiro atoms. The minimum Gasteiger partial charge on any atom is -0.390 e. The molecule has 224 valence electrons. The Morgan fingerprint density at radius 2 is 1.64 bits per heavy atom. The molecule has 0 aliphatic carbocycles. The van der Waals surface area contributed by atoms with Crippen molar-refractivity contribution in [2.24, 2.45) is 0 Å². The van der Waals surface area contributed by atoms with Gasteiger partial charge in [0.25, 0.3) is 5.91 Å². The van der Waals surface area contributed by atoms with E-state index in [-0.39, 0.29) is 48.8 Å². The van der Waals surface area contributed by atoms with Gasteiger partial charge < -0.3 is 15.3 Å². The van der Waals surface area contributed by atoms with Crippen LogP contribution in [-0.2, 0) is 0 Å². The molecule has 3 aromatic carbocycles. The Morgan fingerprint density at radius 3 is 2.31 bits per heavy atom. The fourth-order valence-electron chi connectivity index (χ4n) is 5.17. The van der Waals surface area contributed by atoms with Crippen LogP contribution < -0.4 is 10.2 Å². The van der Waals surface area contributed by atoms with E-state index in [9.17, 15) is 14.3 Å². The number of imidazole rings is 1. The zero-order chi connectivity index (χ0) is 28.2. The largest absolute Gasteiger partial charge is 0.390 e. The quantitative estimate of drug-likeness (QED) is 0.260. The van der Waals surface area contributed by atoms with Crippen molar-refractivity contribution in [3.8, 4) is 17.1 Å².